The molecule has 0 aromatic heterocycles. The van der Waals surface area contributed by atoms with Gasteiger partial charge in [-0.25, -0.2) is 21.6 Å². The first-order valence-corrected chi connectivity index (χ1v) is 11.6. The largest absolute Gasteiger partial charge is 0.456 e. The normalized spacial score (nSPS) is 18.7. The maximum absolute atomic E-state index is 12.4. The average Bonchev–Trinajstić information content (AvgIpc) is 2.95. The standard InChI is InChI=1S/C17H15ClN2O5S2/c18-17-12(10-19)2-1-3-16(17)25-14-4-6-15(7-5-14)27(23,24)20-13-8-9-26(21,22)11-13/h1-7,13,20H,8-9,11H2/t13-/m0/s1. The Morgan fingerprint density at radius 3 is 2.48 bits per heavy atom. The Hall–Kier alpha value is -2.12. The fourth-order valence-corrected chi connectivity index (χ4v) is 5.92. The lowest BCUT2D eigenvalue weighted by Crippen LogP contribution is -2.35. The van der Waals surface area contributed by atoms with Gasteiger partial charge in [0.05, 0.1) is 22.0 Å². The van der Waals surface area contributed by atoms with Crippen LogP contribution >= 0.6 is 11.6 Å². The Bertz CT molecular complexity index is 1110. The molecule has 0 saturated carbocycles. The molecule has 27 heavy (non-hydrogen) atoms. The van der Waals surface area contributed by atoms with Crippen molar-refractivity contribution in [3.05, 3.63) is 53.1 Å². The van der Waals surface area contributed by atoms with Crippen LogP contribution in [0.25, 0.3) is 0 Å². The number of nitriles is 1. The molecule has 2 aromatic rings. The van der Waals surface area contributed by atoms with E-state index in [-0.39, 0.29) is 39.2 Å². The Morgan fingerprint density at radius 2 is 1.89 bits per heavy atom. The van der Waals surface area contributed by atoms with Crippen LogP contribution in [0.2, 0.25) is 5.02 Å². The van der Waals surface area contributed by atoms with Gasteiger partial charge in [0.2, 0.25) is 10.0 Å². The highest BCUT2D eigenvalue weighted by molar-refractivity contribution is 7.92. The number of hydrogen-bond acceptors (Lipinski definition) is 6. The minimum Gasteiger partial charge on any atom is -0.456 e. The number of nitrogens with zero attached hydrogens (tertiary/aromatic N) is 1. The Morgan fingerprint density at radius 1 is 1.19 bits per heavy atom. The first-order chi connectivity index (χ1) is 12.7. The number of ether oxygens (including phenoxy) is 1. The first kappa shape index (κ1) is 19.6. The number of rotatable bonds is 5. The molecule has 3 rings (SSSR count). The molecule has 1 aliphatic rings. The molecule has 1 atom stereocenters. The lowest BCUT2D eigenvalue weighted by atomic mass is 10.2. The van der Waals surface area contributed by atoms with Crippen LogP contribution in [0.5, 0.6) is 11.5 Å². The number of benzene rings is 2. The van der Waals surface area contributed by atoms with Crippen LogP contribution in [0, 0.1) is 11.3 Å². The molecule has 0 amide bonds. The van der Waals surface area contributed by atoms with E-state index in [9.17, 15) is 16.8 Å². The monoisotopic (exact) mass is 426 g/mol. The third-order valence-electron chi connectivity index (χ3n) is 4.00. The van der Waals surface area contributed by atoms with Crippen molar-refractivity contribution in [2.45, 2.75) is 17.4 Å². The van der Waals surface area contributed by atoms with Gasteiger partial charge in [0, 0.05) is 6.04 Å². The summed E-state index contributed by atoms with van der Waals surface area (Å²) in [7, 11) is -7.03. The second-order valence-electron chi connectivity index (χ2n) is 6.02. The van der Waals surface area contributed by atoms with E-state index in [1.807, 2.05) is 6.07 Å². The molecule has 1 N–H and O–H groups in total. The molecule has 0 bridgehead atoms. The maximum Gasteiger partial charge on any atom is 0.240 e. The van der Waals surface area contributed by atoms with Gasteiger partial charge in [-0.1, -0.05) is 17.7 Å². The highest BCUT2D eigenvalue weighted by Gasteiger charge is 2.31. The molecule has 142 valence electrons. The van der Waals surface area contributed by atoms with Gasteiger partial charge in [-0.05, 0) is 42.8 Å². The van der Waals surface area contributed by atoms with Crippen LogP contribution in [-0.4, -0.2) is 34.4 Å². The SMILES string of the molecule is N#Cc1cccc(Oc2ccc(S(=O)(=O)N[C@H]3CCS(=O)(=O)C3)cc2)c1Cl. The van der Waals surface area contributed by atoms with E-state index >= 15 is 0 Å². The summed E-state index contributed by atoms with van der Waals surface area (Å²) in [5.74, 6) is 0.409. The molecule has 0 unspecified atom stereocenters. The van der Waals surface area contributed by atoms with Crippen molar-refractivity contribution in [3.8, 4) is 17.6 Å². The van der Waals surface area contributed by atoms with Crippen LogP contribution in [0.1, 0.15) is 12.0 Å². The Labute approximate surface area is 162 Å². The number of sulfonamides is 1. The highest BCUT2D eigenvalue weighted by atomic mass is 35.5. The third-order valence-corrected chi connectivity index (χ3v) is 7.69. The lowest BCUT2D eigenvalue weighted by Gasteiger charge is -2.12. The fraction of sp³-hybridized carbons (Fsp3) is 0.235. The van der Waals surface area contributed by atoms with Crippen molar-refractivity contribution in [3.63, 3.8) is 0 Å². The number of halogens is 1. The summed E-state index contributed by atoms with van der Waals surface area (Å²) < 4.78 is 55.8. The van der Waals surface area contributed by atoms with Crippen LogP contribution in [0.15, 0.2) is 47.4 Å². The predicted molar refractivity (Wildman–Crippen MR) is 100 cm³/mol. The highest BCUT2D eigenvalue weighted by Crippen LogP contribution is 2.32. The molecule has 0 aliphatic carbocycles. The molecule has 2 aromatic carbocycles. The summed E-state index contributed by atoms with van der Waals surface area (Å²) in [6.07, 6.45) is 0.260. The van der Waals surface area contributed by atoms with Crippen molar-refractivity contribution >= 4 is 31.5 Å². The molecule has 1 saturated heterocycles. The minimum atomic E-state index is -3.84. The van der Waals surface area contributed by atoms with Crippen molar-refractivity contribution in [2.24, 2.45) is 0 Å². The van der Waals surface area contributed by atoms with Crippen molar-refractivity contribution in [1.82, 2.24) is 4.72 Å². The molecular weight excluding hydrogens is 412 g/mol. The molecule has 0 radical (unpaired) electrons. The number of sulfone groups is 1. The number of nitrogens with one attached hydrogen (secondary N) is 1. The Kier molecular flexibility index (Phi) is 5.44. The summed E-state index contributed by atoms with van der Waals surface area (Å²) in [4.78, 5) is -0.00368. The van der Waals surface area contributed by atoms with Crippen LogP contribution in [0.3, 0.4) is 0 Å². The van der Waals surface area contributed by atoms with E-state index in [1.165, 1.54) is 24.3 Å². The number of hydrogen-bond donors (Lipinski definition) is 1. The van der Waals surface area contributed by atoms with Gasteiger partial charge >= 0.3 is 0 Å². The average molecular weight is 427 g/mol. The molecule has 7 nitrogen and oxygen atoms in total. The first-order valence-electron chi connectivity index (χ1n) is 7.89. The third kappa shape index (κ3) is 4.59. The molecule has 1 fully saturated rings. The van der Waals surface area contributed by atoms with E-state index in [1.54, 1.807) is 18.2 Å². The van der Waals surface area contributed by atoms with Gasteiger partial charge in [0.1, 0.15) is 22.6 Å². The van der Waals surface area contributed by atoms with Crippen molar-refractivity contribution in [2.75, 3.05) is 11.5 Å². The van der Waals surface area contributed by atoms with Gasteiger partial charge < -0.3 is 4.74 Å². The molecule has 0 spiro atoms. The van der Waals surface area contributed by atoms with Gasteiger partial charge in [0.25, 0.3) is 0 Å². The van der Waals surface area contributed by atoms with E-state index in [0.29, 0.717) is 5.75 Å². The van der Waals surface area contributed by atoms with E-state index < -0.39 is 25.9 Å². The van der Waals surface area contributed by atoms with Crippen molar-refractivity contribution < 1.29 is 21.6 Å². The Balaban J connectivity index is 1.74. The fourth-order valence-electron chi connectivity index (χ4n) is 2.67. The lowest BCUT2D eigenvalue weighted by molar-refractivity contribution is 0.482. The van der Waals surface area contributed by atoms with Gasteiger partial charge in [-0.2, -0.15) is 5.26 Å². The van der Waals surface area contributed by atoms with Crippen LogP contribution in [0.4, 0.5) is 0 Å². The molecule has 1 aliphatic heterocycles. The van der Waals surface area contributed by atoms with E-state index in [2.05, 4.69) is 4.72 Å². The summed E-state index contributed by atoms with van der Waals surface area (Å²) in [6, 6.07) is 11.7. The second kappa shape index (κ2) is 7.48. The zero-order chi connectivity index (χ0) is 19.7. The molecular formula is C17H15ClN2O5S2. The quantitative estimate of drug-likeness (QED) is 0.785. The maximum atomic E-state index is 12.4. The van der Waals surface area contributed by atoms with E-state index in [4.69, 9.17) is 21.6 Å². The van der Waals surface area contributed by atoms with E-state index in [0.717, 1.165) is 0 Å². The molecule has 10 heteroatoms. The predicted octanol–water partition coefficient (Wildman–Crippen LogP) is 2.47. The van der Waals surface area contributed by atoms with Gasteiger partial charge in [0.15, 0.2) is 9.84 Å². The summed E-state index contributed by atoms with van der Waals surface area (Å²) in [6.45, 7) is 0. The summed E-state index contributed by atoms with van der Waals surface area (Å²) >= 11 is 6.08. The zero-order valence-corrected chi connectivity index (χ0v) is 16.3. The summed E-state index contributed by atoms with van der Waals surface area (Å²) in [5.41, 5.74) is 0.268. The smallest absolute Gasteiger partial charge is 0.240 e. The van der Waals surface area contributed by atoms with Crippen molar-refractivity contribution in [1.29, 1.82) is 5.26 Å². The zero-order valence-electron chi connectivity index (χ0n) is 13.9. The topological polar surface area (TPSA) is 113 Å². The van der Waals surface area contributed by atoms with Gasteiger partial charge in [-0.3, -0.25) is 0 Å². The summed E-state index contributed by atoms with van der Waals surface area (Å²) in [5, 5.41) is 9.15. The molecule has 1 heterocycles. The second-order valence-corrected chi connectivity index (χ2v) is 10.3. The van der Waals surface area contributed by atoms with Gasteiger partial charge in [-0.15, -0.1) is 0 Å². The minimum absolute atomic E-state index is 0.00368. The van der Waals surface area contributed by atoms with Crippen LogP contribution in [-0.2, 0) is 19.9 Å². The van der Waals surface area contributed by atoms with Crippen LogP contribution < -0.4 is 9.46 Å².